The summed E-state index contributed by atoms with van der Waals surface area (Å²) >= 11 is 0. The number of benzene rings is 2. The number of aromatic amines is 2. The average molecular weight is 495 g/mol. The van der Waals surface area contributed by atoms with Crippen molar-refractivity contribution in [2.75, 3.05) is 13.1 Å². The smallest absolute Gasteiger partial charge is 0.222 e. The van der Waals surface area contributed by atoms with Crippen molar-refractivity contribution in [3.63, 3.8) is 0 Å². The highest BCUT2D eigenvalue weighted by Gasteiger charge is 2.31. The highest BCUT2D eigenvalue weighted by molar-refractivity contribution is 5.80. The van der Waals surface area contributed by atoms with Gasteiger partial charge >= 0.3 is 0 Å². The van der Waals surface area contributed by atoms with Crippen molar-refractivity contribution in [1.82, 2.24) is 29.7 Å². The predicted molar refractivity (Wildman–Crippen MR) is 142 cm³/mol. The van der Waals surface area contributed by atoms with E-state index in [0.717, 1.165) is 83.6 Å². The molecule has 2 atom stereocenters. The highest BCUT2D eigenvalue weighted by atomic mass is 16.2. The minimum absolute atomic E-state index is 0.0156. The van der Waals surface area contributed by atoms with Gasteiger partial charge in [0.25, 0.3) is 0 Å². The molecule has 188 valence electrons. The molecule has 2 aromatic carbocycles. The van der Waals surface area contributed by atoms with Crippen LogP contribution in [-0.4, -0.2) is 54.6 Å². The zero-order valence-corrected chi connectivity index (χ0v) is 21.2. The zero-order valence-electron chi connectivity index (χ0n) is 21.2. The summed E-state index contributed by atoms with van der Waals surface area (Å²) in [4.78, 5) is 44.5. The number of imidazole rings is 2. The maximum Gasteiger partial charge on any atom is 0.222 e. The van der Waals surface area contributed by atoms with E-state index in [4.69, 9.17) is 9.97 Å². The molecular formula is C29H30N6O2. The summed E-state index contributed by atoms with van der Waals surface area (Å²) < 4.78 is 0. The molecule has 2 saturated heterocycles. The van der Waals surface area contributed by atoms with Crippen molar-refractivity contribution in [1.29, 1.82) is 0 Å². The third-order valence-corrected chi connectivity index (χ3v) is 7.52. The highest BCUT2D eigenvalue weighted by Crippen LogP contribution is 2.33. The maximum atomic E-state index is 12.3. The van der Waals surface area contributed by atoms with E-state index in [1.165, 1.54) is 0 Å². The molecule has 2 aliphatic rings. The molecule has 4 aromatic rings. The van der Waals surface area contributed by atoms with Crippen LogP contribution < -0.4 is 0 Å². The van der Waals surface area contributed by atoms with Crippen LogP contribution >= 0.6 is 0 Å². The summed E-state index contributed by atoms with van der Waals surface area (Å²) in [5.41, 5.74) is 5.40. The van der Waals surface area contributed by atoms with Crippen molar-refractivity contribution in [3.8, 4) is 11.8 Å². The number of rotatable bonds is 3. The Morgan fingerprint density at radius 2 is 1.38 bits per heavy atom. The molecular weight excluding hydrogens is 464 g/mol. The van der Waals surface area contributed by atoms with E-state index in [-0.39, 0.29) is 23.9 Å². The molecule has 0 saturated carbocycles. The summed E-state index contributed by atoms with van der Waals surface area (Å²) in [5, 5.41) is 0. The topological polar surface area (TPSA) is 98.0 Å². The number of carbonyl (C=O) groups excluding carboxylic acids is 2. The van der Waals surface area contributed by atoms with Crippen molar-refractivity contribution < 1.29 is 9.59 Å². The Balaban J connectivity index is 1.24. The second-order valence-corrected chi connectivity index (χ2v) is 9.93. The number of amides is 2. The summed E-state index contributed by atoms with van der Waals surface area (Å²) in [6.07, 6.45) is 4.37. The third kappa shape index (κ3) is 4.35. The van der Waals surface area contributed by atoms with Crippen LogP contribution in [0.4, 0.5) is 0 Å². The molecule has 2 N–H and O–H groups in total. The fourth-order valence-corrected chi connectivity index (χ4v) is 5.65. The van der Waals surface area contributed by atoms with Gasteiger partial charge in [-0.3, -0.25) is 9.59 Å². The van der Waals surface area contributed by atoms with Crippen molar-refractivity contribution in [3.05, 3.63) is 59.2 Å². The van der Waals surface area contributed by atoms with Gasteiger partial charge in [-0.15, -0.1) is 0 Å². The molecule has 2 aliphatic heterocycles. The molecule has 6 rings (SSSR count). The Bertz CT molecular complexity index is 1570. The van der Waals surface area contributed by atoms with Crippen LogP contribution in [0.5, 0.6) is 0 Å². The second kappa shape index (κ2) is 9.40. The summed E-state index contributed by atoms with van der Waals surface area (Å²) in [6.45, 7) is 5.10. The first-order chi connectivity index (χ1) is 18.0. The molecule has 2 fully saturated rings. The van der Waals surface area contributed by atoms with Gasteiger partial charge in [0.15, 0.2) is 0 Å². The average Bonchev–Trinajstić information content (AvgIpc) is 3.70. The van der Waals surface area contributed by atoms with Crippen LogP contribution in [0, 0.1) is 11.8 Å². The number of likely N-dealkylation sites (tertiary alicyclic amines) is 2. The Labute approximate surface area is 215 Å². The van der Waals surface area contributed by atoms with Gasteiger partial charge < -0.3 is 19.8 Å². The minimum atomic E-state index is 0.0156. The van der Waals surface area contributed by atoms with Crippen molar-refractivity contribution in [2.24, 2.45) is 0 Å². The number of nitrogens with zero attached hydrogens (tertiary/aromatic N) is 4. The van der Waals surface area contributed by atoms with Crippen LogP contribution in [0.2, 0.25) is 0 Å². The lowest BCUT2D eigenvalue weighted by Gasteiger charge is -2.22. The van der Waals surface area contributed by atoms with Gasteiger partial charge in [-0.25, -0.2) is 9.97 Å². The van der Waals surface area contributed by atoms with E-state index in [1.807, 2.05) is 53.1 Å². The molecule has 0 bridgehead atoms. The Hall–Kier alpha value is -4.12. The van der Waals surface area contributed by atoms with Gasteiger partial charge in [0.2, 0.25) is 11.8 Å². The van der Waals surface area contributed by atoms with E-state index in [2.05, 4.69) is 21.8 Å². The number of carbonyl (C=O) groups is 2. The van der Waals surface area contributed by atoms with E-state index in [0.29, 0.717) is 6.42 Å². The van der Waals surface area contributed by atoms with Crippen molar-refractivity contribution in [2.45, 2.75) is 58.0 Å². The first-order valence-electron chi connectivity index (χ1n) is 13.1. The normalized spacial score (nSPS) is 19.5. The lowest BCUT2D eigenvalue weighted by Crippen LogP contribution is -2.30. The minimum Gasteiger partial charge on any atom is -0.340 e. The summed E-state index contributed by atoms with van der Waals surface area (Å²) in [6, 6.07) is 12.0. The zero-order chi connectivity index (χ0) is 25.5. The van der Waals surface area contributed by atoms with Crippen LogP contribution in [0.25, 0.3) is 22.1 Å². The van der Waals surface area contributed by atoms with E-state index < -0.39 is 0 Å². The van der Waals surface area contributed by atoms with Crippen LogP contribution in [0.3, 0.4) is 0 Å². The molecule has 8 heteroatoms. The van der Waals surface area contributed by atoms with Gasteiger partial charge in [-0.05, 0) is 62.1 Å². The first-order valence-corrected chi connectivity index (χ1v) is 13.1. The number of H-pyrrole nitrogens is 2. The second-order valence-electron chi connectivity index (χ2n) is 9.93. The van der Waals surface area contributed by atoms with Gasteiger partial charge in [-0.2, -0.15) is 0 Å². The number of hydrogen-bond donors (Lipinski definition) is 2. The fraction of sp³-hybridized carbons (Fsp3) is 0.379. The SMILES string of the molecule is CCC(=O)N1CCCC1c1nc2ccc(C#Cc3ccc4nc([C@@H]5CCCN5C(C)=O)[nH]c4c3)cc2[nH]1. The van der Waals surface area contributed by atoms with Crippen LogP contribution in [0.15, 0.2) is 36.4 Å². The molecule has 1 unspecified atom stereocenters. The fourth-order valence-electron chi connectivity index (χ4n) is 5.65. The number of nitrogens with one attached hydrogen (secondary N) is 2. The molecule has 0 aliphatic carbocycles. The molecule has 8 nitrogen and oxygen atoms in total. The monoisotopic (exact) mass is 494 g/mol. The summed E-state index contributed by atoms with van der Waals surface area (Å²) in [7, 11) is 0. The van der Waals surface area contributed by atoms with E-state index in [1.54, 1.807) is 6.92 Å². The first kappa shape index (κ1) is 23.3. The molecule has 37 heavy (non-hydrogen) atoms. The number of hydrogen-bond acceptors (Lipinski definition) is 4. The van der Waals surface area contributed by atoms with Gasteiger partial charge in [0.05, 0.1) is 34.2 Å². The Kier molecular flexibility index (Phi) is 5.91. The quantitative estimate of drug-likeness (QED) is 0.407. The summed E-state index contributed by atoms with van der Waals surface area (Å²) in [5.74, 6) is 8.49. The molecule has 2 aromatic heterocycles. The van der Waals surface area contributed by atoms with Crippen LogP contribution in [0.1, 0.15) is 80.8 Å². The molecule has 2 amide bonds. The largest absolute Gasteiger partial charge is 0.340 e. The lowest BCUT2D eigenvalue weighted by molar-refractivity contribution is -0.132. The molecule has 0 spiro atoms. The van der Waals surface area contributed by atoms with Gasteiger partial charge in [-0.1, -0.05) is 18.8 Å². The Morgan fingerprint density at radius 3 is 1.89 bits per heavy atom. The van der Waals surface area contributed by atoms with E-state index in [9.17, 15) is 9.59 Å². The van der Waals surface area contributed by atoms with Gasteiger partial charge in [0, 0.05) is 37.6 Å². The van der Waals surface area contributed by atoms with Crippen molar-refractivity contribution >= 4 is 33.9 Å². The molecule has 4 heterocycles. The number of fused-ring (bicyclic) bond motifs is 2. The number of aromatic nitrogens is 4. The molecule has 0 radical (unpaired) electrons. The standard InChI is InChI=1S/C29H30N6O2/c1-3-27(37)35-15-5-7-26(35)29-31-22-13-11-20(17-24(22)33-29)9-8-19-10-12-21-23(16-19)32-28(30-21)25-6-4-14-34(25)18(2)36/h10-13,16-17,25-26H,3-7,14-15H2,1-2H3,(H,30,32)(H,31,33)/t25-,26?/m0/s1. The third-order valence-electron chi connectivity index (χ3n) is 7.52. The lowest BCUT2D eigenvalue weighted by atomic mass is 10.1. The Morgan fingerprint density at radius 1 is 0.865 bits per heavy atom. The van der Waals surface area contributed by atoms with E-state index >= 15 is 0 Å². The predicted octanol–water partition coefficient (Wildman–Crippen LogP) is 4.60. The van der Waals surface area contributed by atoms with Crippen LogP contribution in [-0.2, 0) is 9.59 Å². The van der Waals surface area contributed by atoms with Gasteiger partial charge in [0.1, 0.15) is 11.6 Å². The maximum absolute atomic E-state index is 12.3.